The lowest BCUT2D eigenvalue weighted by atomic mass is 9.84. The third-order valence-electron chi connectivity index (χ3n) is 4.98. The van der Waals surface area contributed by atoms with Crippen LogP contribution >= 0.6 is 12.4 Å². The van der Waals surface area contributed by atoms with Crippen molar-refractivity contribution in [2.24, 2.45) is 11.7 Å². The van der Waals surface area contributed by atoms with Gasteiger partial charge in [-0.05, 0) is 49.3 Å². The van der Waals surface area contributed by atoms with Gasteiger partial charge in [-0.1, -0.05) is 44.9 Å². The van der Waals surface area contributed by atoms with Gasteiger partial charge in [-0.25, -0.2) is 0 Å². The van der Waals surface area contributed by atoms with E-state index in [2.05, 4.69) is 25.2 Å². The van der Waals surface area contributed by atoms with Crippen LogP contribution in [0.5, 0.6) is 5.75 Å². The van der Waals surface area contributed by atoms with Crippen molar-refractivity contribution in [3.8, 4) is 5.75 Å². The van der Waals surface area contributed by atoms with Crippen LogP contribution in [0.15, 0.2) is 24.3 Å². The molecule has 24 heavy (non-hydrogen) atoms. The number of nitrogens with two attached hydrogens (primary N) is 1. The first-order chi connectivity index (χ1) is 11.2. The van der Waals surface area contributed by atoms with Crippen molar-refractivity contribution in [3.05, 3.63) is 29.8 Å². The van der Waals surface area contributed by atoms with E-state index in [4.69, 9.17) is 10.5 Å². The van der Waals surface area contributed by atoms with E-state index >= 15 is 0 Å². The van der Waals surface area contributed by atoms with E-state index in [9.17, 15) is 4.79 Å². The van der Waals surface area contributed by atoms with Crippen LogP contribution in [0.4, 0.5) is 0 Å². The van der Waals surface area contributed by atoms with Gasteiger partial charge in [0.05, 0.1) is 0 Å². The highest BCUT2D eigenvalue weighted by atomic mass is 35.5. The molecule has 0 spiro atoms. The Balaban J connectivity index is 0.00000288. The van der Waals surface area contributed by atoms with Crippen molar-refractivity contribution in [2.75, 3.05) is 13.2 Å². The molecule has 5 heteroatoms. The van der Waals surface area contributed by atoms with Crippen LogP contribution in [0.2, 0.25) is 0 Å². The quantitative estimate of drug-likeness (QED) is 0.785. The van der Waals surface area contributed by atoms with Gasteiger partial charge in [0.15, 0.2) is 6.61 Å². The Morgan fingerprint density at radius 1 is 1.33 bits per heavy atom. The molecule has 3 atom stereocenters. The predicted octanol–water partition coefficient (Wildman–Crippen LogP) is 3.63. The van der Waals surface area contributed by atoms with Crippen LogP contribution in [0.1, 0.15) is 57.4 Å². The average molecular weight is 355 g/mol. The smallest absolute Gasteiger partial charge is 0.258 e. The fourth-order valence-electron chi connectivity index (χ4n) is 3.31. The minimum Gasteiger partial charge on any atom is -0.483 e. The SMILES string of the molecule is CCC(C)c1ccccc1OCC(=O)NC1CCCCC1CN.Cl. The third kappa shape index (κ3) is 5.67. The van der Waals surface area contributed by atoms with E-state index < -0.39 is 0 Å². The number of halogens is 1. The minimum atomic E-state index is -0.0469. The Hall–Kier alpha value is -1.26. The number of nitrogens with one attached hydrogen (secondary N) is 1. The molecule has 1 saturated carbocycles. The second-order valence-corrected chi connectivity index (χ2v) is 6.59. The highest BCUT2D eigenvalue weighted by molar-refractivity contribution is 5.85. The fourth-order valence-corrected chi connectivity index (χ4v) is 3.31. The van der Waals surface area contributed by atoms with E-state index in [1.165, 1.54) is 18.4 Å². The van der Waals surface area contributed by atoms with Gasteiger partial charge in [-0.15, -0.1) is 12.4 Å². The summed E-state index contributed by atoms with van der Waals surface area (Å²) in [4.78, 5) is 12.2. The van der Waals surface area contributed by atoms with Crippen LogP contribution in [-0.2, 0) is 4.79 Å². The first-order valence-electron chi connectivity index (χ1n) is 8.86. The molecule has 1 aliphatic rings. The lowest BCUT2D eigenvalue weighted by molar-refractivity contribution is -0.124. The van der Waals surface area contributed by atoms with Gasteiger partial charge in [0.2, 0.25) is 0 Å². The lowest BCUT2D eigenvalue weighted by Gasteiger charge is -2.31. The van der Waals surface area contributed by atoms with Gasteiger partial charge in [-0.2, -0.15) is 0 Å². The molecule has 2 rings (SSSR count). The van der Waals surface area contributed by atoms with Crippen molar-refractivity contribution in [3.63, 3.8) is 0 Å². The number of hydrogen-bond donors (Lipinski definition) is 2. The molecule has 1 amide bonds. The Kier molecular flexibility index (Phi) is 9.16. The summed E-state index contributed by atoms with van der Waals surface area (Å²) in [6.07, 6.45) is 5.56. The molecule has 4 nitrogen and oxygen atoms in total. The van der Waals surface area contributed by atoms with Gasteiger partial charge in [0.25, 0.3) is 5.91 Å². The fraction of sp³-hybridized carbons (Fsp3) is 0.632. The zero-order chi connectivity index (χ0) is 16.7. The summed E-state index contributed by atoms with van der Waals surface area (Å²) in [7, 11) is 0. The van der Waals surface area contributed by atoms with Gasteiger partial charge in [-0.3, -0.25) is 4.79 Å². The second-order valence-electron chi connectivity index (χ2n) is 6.59. The molecule has 0 heterocycles. The zero-order valence-electron chi connectivity index (χ0n) is 14.8. The number of carbonyl (C=O) groups is 1. The largest absolute Gasteiger partial charge is 0.483 e. The molecule has 0 saturated heterocycles. The van der Waals surface area contributed by atoms with E-state index in [1.54, 1.807) is 0 Å². The summed E-state index contributed by atoms with van der Waals surface area (Å²) in [6, 6.07) is 8.19. The molecule has 3 N–H and O–H groups in total. The van der Waals surface area contributed by atoms with Crippen LogP contribution in [0, 0.1) is 5.92 Å². The maximum Gasteiger partial charge on any atom is 0.258 e. The molecule has 0 aromatic heterocycles. The maximum atomic E-state index is 12.2. The van der Waals surface area contributed by atoms with Crippen molar-refractivity contribution in [2.45, 2.75) is 57.9 Å². The molecule has 0 aliphatic heterocycles. The predicted molar refractivity (Wildman–Crippen MR) is 101 cm³/mol. The standard InChI is InChI=1S/C19H30N2O2.ClH/c1-3-14(2)16-9-5-7-11-18(16)23-13-19(22)21-17-10-6-4-8-15(17)12-20;/h5,7,9,11,14-15,17H,3-4,6,8,10,12-13,20H2,1-2H3,(H,21,22);1H. The Morgan fingerprint density at radius 3 is 2.75 bits per heavy atom. The summed E-state index contributed by atoms with van der Waals surface area (Å²) < 4.78 is 5.79. The van der Waals surface area contributed by atoms with Gasteiger partial charge >= 0.3 is 0 Å². The summed E-state index contributed by atoms with van der Waals surface area (Å²) in [5.74, 6) is 1.60. The molecule has 3 unspecified atom stereocenters. The zero-order valence-corrected chi connectivity index (χ0v) is 15.6. The monoisotopic (exact) mass is 354 g/mol. The van der Waals surface area contributed by atoms with Crippen molar-refractivity contribution >= 4 is 18.3 Å². The second kappa shape index (κ2) is 10.6. The number of benzene rings is 1. The Labute approximate surface area is 151 Å². The highest BCUT2D eigenvalue weighted by Crippen LogP contribution is 2.28. The Bertz CT molecular complexity index is 510. The molecule has 1 aromatic carbocycles. The van der Waals surface area contributed by atoms with Gasteiger partial charge in [0.1, 0.15) is 5.75 Å². The van der Waals surface area contributed by atoms with Crippen molar-refractivity contribution < 1.29 is 9.53 Å². The topological polar surface area (TPSA) is 64.3 Å². The molecule has 1 aliphatic carbocycles. The average Bonchev–Trinajstić information content (AvgIpc) is 2.60. The summed E-state index contributed by atoms with van der Waals surface area (Å²) >= 11 is 0. The number of carbonyl (C=O) groups excluding carboxylic acids is 1. The molecule has 136 valence electrons. The normalized spacial score (nSPS) is 21.5. The summed E-state index contributed by atoms with van der Waals surface area (Å²) in [5.41, 5.74) is 6.99. The van der Waals surface area contributed by atoms with E-state index in [0.29, 0.717) is 18.4 Å². The molecular formula is C19H31ClN2O2. The van der Waals surface area contributed by atoms with Crippen LogP contribution < -0.4 is 15.8 Å². The highest BCUT2D eigenvalue weighted by Gasteiger charge is 2.25. The molecule has 1 aromatic rings. The molecule has 0 bridgehead atoms. The summed E-state index contributed by atoms with van der Waals surface area (Å²) in [5, 5.41) is 3.11. The molecule has 1 fully saturated rings. The first kappa shape index (κ1) is 20.8. The van der Waals surface area contributed by atoms with Crippen LogP contribution in [0.25, 0.3) is 0 Å². The lowest BCUT2D eigenvalue weighted by Crippen LogP contribution is -2.46. The molecule has 0 radical (unpaired) electrons. The van der Waals surface area contributed by atoms with Crippen LogP contribution in [0.3, 0.4) is 0 Å². The van der Waals surface area contributed by atoms with E-state index in [-0.39, 0.29) is 31.0 Å². The molecular weight excluding hydrogens is 324 g/mol. The first-order valence-corrected chi connectivity index (χ1v) is 8.86. The number of amides is 1. The van der Waals surface area contributed by atoms with Crippen molar-refractivity contribution in [1.29, 1.82) is 0 Å². The van der Waals surface area contributed by atoms with Crippen LogP contribution in [-0.4, -0.2) is 25.1 Å². The number of para-hydroxylation sites is 1. The van der Waals surface area contributed by atoms with E-state index in [0.717, 1.165) is 25.0 Å². The van der Waals surface area contributed by atoms with Gasteiger partial charge < -0.3 is 15.8 Å². The number of ether oxygens (including phenoxy) is 1. The van der Waals surface area contributed by atoms with Crippen molar-refractivity contribution in [1.82, 2.24) is 5.32 Å². The summed E-state index contributed by atoms with van der Waals surface area (Å²) in [6.45, 7) is 5.05. The maximum absolute atomic E-state index is 12.2. The third-order valence-corrected chi connectivity index (χ3v) is 4.98. The Morgan fingerprint density at radius 2 is 2.04 bits per heavy atom. The number of hydrogen-bond acceptors (Lipinski definition) is 3. The van der Waals surface area contributed by atoms with Gasteiger partial charge in [0, 0.05) is 6.04 Å². The number of rotatable bonds is 7. The van der Waals surface area contributed by atoms with E-state index in [1.807, 2.05) is 18.2 Å². The minimum absolute atomic E-state index is 0.